The first kappa shape index (κ1) is 10.2. The number of carboxylic acid groups (broad SMARTS) is 1. The fourth-order valence-electron chi connectivity index (χ4n) is 1.45. The van der Waals surface area contributed by atoms with Gasteiger partial charge in [0.15, 0.2) is 0 Å². The summed E-state index contributed by atoms with van der Waals surface area (Å²) in [5.41, 5.74) is 6.51. The summed E-state index contributed by atoms with van der Waals surface area (Å²) in [7, 11) is 0. The highest BCUT2D eigenvalue weighted by molar-refractivity contribution is 6.05. The van der Waals surface area contributed by atoms with E-state index in [9.17, 15) is 9.59 Å². The van der Waals surface area contributed by atoms with Crippen molar-refractivity contribution in [3.8, 4) is 0 Å². The predicted molar refractivity (Wildman–Crippen MR) is 51.4 cm³/mol. The van der Waals surface area contributed by atoms with E-state index in [0.29, 0.717) is 5.56 Å². The minimum Gasteiger partial charge on any atom is -0.478 e. The Balaban J connectivity index is 3.52. The maximum Gasteiger partial charge on any atom is 0.336 e. The molecule has 0 aliphatic rings. The van der Waals surface area contributed by atoms with E-state index in [0.717, 1.165) is 5.56 Å². The highest BCUT2D eigenvalue weighted by Crippen LogP contribution is 2.16. The van der Waals surface area contributed by atoms with Crippen molar-refractivity contribution in [3.05, 3.63) is 34.4 Å². The fraction of sp³-hybridized carbons (Fsp3) is 0.200. The average molecular weight is 193 g/mol. The first-order chi connectivity index (χ1) is 6.43. The van der Waals surface area contributed by atoms with Crippen LogP contribution in [0.2, 0.25) is 0 Å². The lowest BCUT2D eigenvalue weighted by Crippen LogP contribution is -2.17. The van der Waals surface area contributed by atoms with Crippen LogP contribution < -0.4 is 5.73 Å². The molecule has 0 fully saturated rings. The lowest BCUT2D eigenvalue weighted by atomic mass is 9.98. The van der Waals surface area contributed by atoms with Crippen molar-refractivity contribution in [2.24, 2.45) is 5.73 Å². The monoisotopic (exact) mass is 193 g/mol. The molecule has 3 N–H and O–H groups in total. The molecule has 74 valence electrons. The average Bonchev–Trinajstić information content (AvgIpc) is 2.01. The molecule has 1 aromatic carbocycles. The van der Waals surface area contributed by atoms with Crippen LogP contribution in [0.5, 0.6) is 0 Å². The quantitative estimate of drug-likeness (QED) is 0.738. The Morgan fingerprint density at radius 1 is 1.29 bits per heavy atom. The van der Waals surface area contributed by atoms with E-state index in [-0.39, 0.29) is 11.1 Å². The molecule has 0 aromatic heterocycles. The topological polar surface area (TPSA) is 80.4 Å². The van der Waals surface area contributed by atoms with Gasteiger partial charge >= 0.3 is 5.97 Å². The molecule has 1 amide bonds. The van der Waals surface area contributed by atoms with Crippen LogP contribution in [0.25, 0.3) is 0 Å². The van der Waals surface area contributed by atoms with E-state index in [4.69, 9.17) is 10.8 Å². The van der Waals surface area contributed by atoms with E-state index >= 15 is 0 Å². The largest absolute Gasteiger partial charge is 0.478 e. The molecule has 0 saturated carbocycles. The van der Waals surface area contributed by atoms with Crippen molar-refractivity contribution in [2.45, 2.75) is 13.8 Å². The second-order valence-electron chi connectivity index (χ2n) is 3.17. The second kappa shape index (κ2) is 3.49. The number of nitrogens with two attached hydrogens (primary N) is 1. The van der Waals surface area contributed by atoms with Gasteiger partial charge in [-0.15, -0.1) is 0 Å². The normalized spacial score (nSPS) is 9.86. The summed E-state index contributed by atoms with van der Waals surface area (Å²) in [4.78, 5) is 21.8. The summed E-state index contributed by atoms with van der Waals surface area (Å²) in [5.74, 6) is -1.84. The molecular formula is C10H11NO3. The SMILES string of the molecule is Cc1cc(C)c(C(=O)O)c(C(N)=O)c1. The molecule has 0 spiro atoms. The van der Waals surface area contributed by atoms with E-state index in [1.165, 1.54) is 6.07 Å². The van der Waals surface area contributed by atoms with Gasteiger partial charge in [0.25, 0.3) is 0 Å². The van der Waals surface area contributed by atoms with E-state index in [1.807, 2.05) is 0 Å². The number of hydrogen-bond acceptors (Lipinski definition) is 2. The second-order valence-corrected chi connectivity index (χ2v) is 3.17. The molecule has 0 bridgehead atoms. The van der Waals surface area contributed by atoms with Gasteiger partial charge in [-0.2, -0.15) is 0 Å². The number of aryl methyl sites for hydroxylation is 2. The van der Waals surface area contributed by atoms with Gasteiger partial charge in [0, 0.05) is 0 Å². The number of primary amides is 1. The summed E-state index contributed by atoms with van der Waals surface area (Å²) in [6.45, 7) is 3.42. The number of hydrogen-bond donors (Lipinski definition) is 2. The molecule has 0 radical (unpaired) electrons. The highest BCUT2D eigenvalue weighted by atomic mass is 16.4. The van der Waals surface area contributed by atoms with Gasteiger partial charge in [-0.3, -0.25) is 4.79 Å². The van der Waals surface area contributed by atoms with Gasteiger partial charge in [-0.1, -0.05) is 11.6 Å². The van der Waals surface area contributed by atoms with E-state index in [1.54, 1.807) is 19.9 Å². The van der Waals surface area contributed by atoms with Crippen molar-refractivity contribution in [3.63, 3.8) is 0 Å². The van der Waals surface area contributed by atoms with Gasteiger partial charge in [0.1, 0.15) is 0 Å². The van der Waals surface area contributed by atoms with Gasteiger partial charge < -0.3 is 10.8 Å². The Labute approximate surface area is 81.3 Å². The van der Waals surface area contributed by atoms with E-state index < -0.39 is 11.9 Å². The minimum absolute atomic E-state index is 0.0110. The van der Waals surface area contributed by atoms with Crippen LogP contribution in [-0.2, 0) is 0 Å². The number of aromatic carboxylic acids is 1. The number of benzene rings is 1. The van der Waals surface area contributed by atoms with Gasteiger partial charge in [-0.25, -0.2) is 4.79 Å². The molecule has 0 heterocycles. The number of amides is 1. The number of carbonyl (C=O) groups is 2. The Morgan fingerprint density at radius 3 is 2.29 bits per heavy atom. The number of carboxylic acids is 1. The Kier molecular flexibility index (Phi) is 2.56. The summed E-state index contributed by atoms with van der Waals surface area (Å²) >= 11 is 0. The van der Waals surface area contributed by atoms with Crippen LogP contribution in [0.15, 0.2) is 12.1 Å². The summed E-state index contributed by atoms with van der Waals surface area (Å²) in [5, 5.41) is 8.88. The van der Waals surface area contributed by atoms with Crippen molar-refractivity contribution < 1.29 is 14.7 Å². The third kappa shape index (κ3) is 1.74. The molecule has 14 heavy (non-hydrogen) atoms. The Morgan fingerprint density at radius 2 is 1.86 bits per heavy atom. The van der Waals surface area contributed by atoms with Crippen LogP contribution in [0.4, 0.5) is 0 Å². The van der Waals surface area contributed by atoms with Gasteiger partial charge in [0.2, 0.25) is 5.91 Å². The fourth-order valence-corrected chi connectivity index (χ4v) is 1.45. The number of carbonyl (C=O) groups excluding carboxylic acids is 1. The van der Waals surface area contributed by atoms with Gasteiger partial charge in [0.05, 0.1) is 11.1 Å². The number of rotatable bonds is 2. The zero-order valence-electron chi connectivity index (χ0n) is 8.00. The molecule has 0 atom stereocenters. The van der Waals surface area contributed by atoms with Crippen LogP contribution >= 0.6 is 0 Å². The van der Waals surface area contributed by atoms with Gasteiger partial charge in [-0.05, 0) is 25.5 Å². The molecule has 0 unspecified atom stereocenters. The first-order valence-corrected chi connectivity index (χ1v) is 4.08. The molecule has 4 nitrogen and oxygen atoms in total. The standard InChI is InChI=1S/C10H11NO3/c1-5-3-6(2)8(10(13)14)7(4-5)9(11)12/h3-4H,1-2H3,(H2,11,12)(H,13,14). The third-order valence-corrected chi connectivity index (χ3v) is 1.96. The first-order valence-electron chi connectivity index (χ1n) is 4.08. The zero-order chi connectivity index (χ0) is 10.9. The third-order valence-electron chi connectivity index (χ3n) is 1.96. The van der Waals surface area contributed by atoms with Crippen LogP contribution in [0.1, 0.15) is 31.8 Å². The smallest absolute Gasteiger partial charge is 0.336 e. The van der Waals surface area contributed by atoms with E-state index in [2.05, 4.69) is 0 Å². The van der Waals surface area contributed by atoms with Crippen LogP contribution in [0.3, 0.4) is 0 Å². The molecular weight excluding hydrogens is 182 g/mol. The van der Waals surface area contributed by atoms with Crippen LogP contribution in [0, 0.1) is 13.8 Å². The summed E-state index contributed by atoms with van der Waals surface area (Å²) in [6.07, 6.45) is 0. The zero-order valence-corrected chi connectivity index (χ0v) is 8.00. The maximum atomic E-state index is 11.0. The molecule has 0 aliphatic carbocycles. The van der Waals surface area contributed by atoms with Crippen molar-refractivity contribution in [2.75, 3.05) is 0 Å². The Hall–Kier alpha value is -1.84. The Bertz CT molecular complexity index is 410. The molecule has 4 heteroatoms. The molecule has 0 saturated heterocycles. The minimum atomic E-state index is -1.13. The maximum absolute atomic E-state index is 11.0. The lowest BCUT2D eigenvalue weighted by Gasteiger charge is -2.07. The highest BCUT2D eigenvalue weighted by Gasteiger charge is 2.17. The molecule has 0 aliphatic heterocycles. The molecule has 1 rings (SSSR count). The van der Waals surface area contributed by atoms with Crippen molar-refractivity contribution in [1.82, 2.24) is 0 Å². The lowest BCUT2D eigenvalue weighted by molar-refractivity contribution is 0.0691. The van der Waals surface area contributed by atoms with Crippen LogP contribution in [-0.4, -0.2) is 17.0 Å². The summed E-state index contributed by atoms with van der Waals surface area (Å²) in [6, 6.07) is 3.19. The van der Waals surface area contributed by atoms with Crippen molar-refractivity contribution >= 4 is 11.9 Å². The van der Waals surface area contributed by atoms with Crippen molar-refractivity contribution in [1.29, 1.82) is 0 Å². The molecule has 1 aromatic rings. The summed E-state index contributed by atoms with van der Waals surface area (Å²) < 4.78 is 0. The predicted octanol–water partition coefficient (Wildman–Crippen LogP) is 1.10.